The van der Waals surface area contributed by atoms with E-state index in [4.69, 9.17) is 10.5 Å². The number of benzene rings is 2. The summed E-state index contributed by atoms with van der Waals surface area (Å²) in [7, 11) is 0. The van der Waals surface area contributed by atoms with E-state index in [2.05, 4.69) is 0 Å². The lowest BCUT2D eigenvalue weighted by Gasteiger charge is -2.21. The van der Waals surface area contributed by atoms with Crippen LogP contribution < -0.4 is 5.73 Å². The molecule has 0 fully saturated rings. The number of carboxylic acids is 1. The van der Waals surface area contributed by atoms with E-state index in [-0.39, 0.29) is 18.1 Å². The lowest BCUT2D eigenvalue weighted by molar-refractivity contribution is -0.139. The van der Waals surface area contributed by atoms with Crippen LogP contribution in [0, 0.1) is 0 Å². The number of hydrogen-bond donors (Lipinski definition) is 4. The van der Waals surface area contributed by atoms with E-state index in [1.165, 1.54) is 18.2 Å². The minimum atomic E-state index is -1.19. The molecule has 2 atom stereocenters. The number of phenolic OH excluding ortho intramolecular Hbond substituents is 2. The molecule has 26 heavy (non-hydrogen) atoms. The predicted octanol–water partition coefficient (Wildman–Crippen LogP) is 2.23. The quantitative estimate of drug-likeness (QED) is 0.323. The molecule has 2 aromatic carbocycles. The maximum atomic E-state index is 11.9. The molecule has 0 spiro atoms. The second-order valence-corrected chi connectivity index (χ2v) is 5.86. The number of phenols is 2. The van der Waals surface area contributed by atoms with Gasteiger partial charge in [-0.2, -0.15) is 0 Å². The second kappa shape index (κ2) is 8.87. The smallest absolute Gasteiger partial charge is 0.338 e. The zero-order chi connectivity index (χ0) is 19.1. The van der Waals surface area contributed by atoms with E-state index in [9.17, 15) is 24.9 Å². The van der Waals surface area contributed by atoms with Crippen molar-refractivity contribution in [3.8, 4) is 11.5 Å². The van der Waals surface area contributed by atoms with Crippen LogP contribution in [0.15, 0.2) is 48.5 Å². The van der Waals surface area contributed by atoms with Crippen molar-refractivity contribution in [2.24, 2.45) is 5.73 Å². The van der Waals surface area contributed by atoms with Crippen LogP contribution in [0.5, 0.6) is 11.5 Å². The van der Waals surface area contributed by atoms with Gasteiger partial charge in [0.2, 0.25) is 0 Å². The fourth-order valence-corrected chi connectivity index (χ4v) is 2.62. The maximum absolute atomic E-state index is 11.9. The zero-order valence-electron chi connectivity index (χ0n) is 14.0. The number of aliphatic carboxylic acids is 1. The largest absolute Gasteiger partial charge is 0.504 e. The number of aromatic hydroxyl groups is 2. The third kappa shape index (κ3) is 4.97. The van der Waals surface area contributed by atoms with Crippen LogP contribution >= 0.6 is 0 Å². The Morgan fingerprint density at radius 1 is 1.04 bits per heavy atom. The van der Waals surface area contributed by atoms with E-state index in [0.29, 0.717) is 24.0 Å². The van der Waals surface area contributed by atoms with Crippen molar-refractivity contribution in [2.75, 3.05) is 6.61 Å². The van der Waals surface area contributed by atoms with Gasteiger partial charge in [-0.05, 0) is 42.7 Å². The number of carbonyl (C=O) groups is 2. The predicted molar refractivity (Wildman–Crippen MR) is 94.1 cm³/mol. The molecule has 0 aromatic heterocycles. The Morgan fingerprint density at radius 3 is 2.35 bits per heavy atom. The van der Waals surface area contributed by atoms with E-state index >= 15 is 0 Å². The van der Waals surface area contributed by atoms with Crippen LogP contribution in [0.1, 0.15) is 34.7 Å². The van der Waals surface area contributed by atoms with Crippen molar-refractivity contribution in [1.82, 2.24) is 0 Å². The molecule has 2 rings (SSSR count). The highest BCUT2D eigenvalue weighted by Crippen LogP contribution is 2.32. The molecule has 0 saturated carbocycles. The molecule has 5 N–H and O–H groups in total. The summed E-state index contributed by atoms with van der Waals surface area (Å²) in [5.41, 5.74) is 6.69. The monoisotopic (exact) mass is 359 g/mol. The molecule has 0 amide bonds. The Morgan fingerprint density at radius 2 is 1.73 bits per heavy atom. The molecule has 7 nitrogen and oxygen atoms in total. The molecule has 7 heteroatoms. The SMILES string of the molecule is N[C@H](C(=O)O)C(CCCOC(=O)c1ccccc1)c1ccc(O)c(O)c1. The van der Waals surface area contributed by atoms with Gasteiger partial charge in [-0.15, -0.1) is 0 Å². The Hall–Kier alpha value is -3.06. The van der Waals surface area contributed by atoms with Gasteiger partial charge in [-0.25, -0.2) is 4.79 Å². The molecule has 0 aliphatic heterocycles. The molecule has 0 aliphatic rings. The fraction of sp³-hybridized carbons (Fsp3) is 0.263. The summed E-state index contributed by atoms with van der Waals surface area (Å²) in [5, 5.41) is 28.2. The minimum absolute atomic E-state index is 0.112. The Labute approximate surface area is 150 Å². The summed E-state index contributed by atoms with van der Waals surface area (Å²) in [6, 6.07) is 11.4. The van der Waals surface area contributed by atoms with Gasteiger partial charge in [-0.1, -0.05) is 24.3 Å². The number of ether oxygens (including phenoxy) is 1. The van der Waals surface area contributed by atoms with E-state index in [0.717, 1.165) is 0 Å². The molecule has 1 unspecified atom stereocenters. The average molecular weight is 359 g/mol. The van der Waals surface area contributed by atoms with Crippen molar-refractivity contribution in [3.05, 3.63) is 59.7 Å². The molecule has 2 aromatic rings. The Kier molecular flexibility index (Phi) is 6.57. The maximum Gasteiger partial charge on any atom is 0.338 e. The summed E-state index contributed by atoms with van der Waals surface area (Å²) in [6.45, 7) is 0.112. The third-order valence-electron chi connectivity index (χ3n) is 4.05. The number of rotatable bonds is 8. The normalized spacial score (nSPS) is 13.0. The van der Waals surface area contributed by atoms with Crippen molar-refractivity contribution in [1.29, 1.82) is 0 Å². The van der Waals surface area contributed by atoms with Gasteiger partial charge in [0.05, 0.1) is 12.2 Å². The molecule has 0 saturated heterocycles. The lowest BCUT2D eigenvalue weighted by atomic mass is 9.87. The van der Waals surface area contributed by atoms with Gasteiger partial charge >= 0.3 is 11.9 Å². The fourth-order valence-electron chi connectivity index (χ4n) is 2.62. The number of carbonyl (C=O) groups excluding carboxylic acids is 1. The first kappa shape index (κ1) is 19.3. The number of esters is 1. The van der Waals surface area contributed by atoms with Crippen LogP contribution in [-0.2, 0) is 9.53 Å². The number of carboxylic acid groups (broad SMARTS) is 1. The number of nitrogens with two attached hydrogens (primary N) is 1. The zero-order valence-corrected chi connectivity index (χ0v) is 14.0. The first-order chi connectivity index (χ1) is 12.4. The highest BCUT2D eigenvalue weighted by molar-refractivity contribution is 5.89. The highest BCUT2D eigenvalue weighted by Gasteiger charge is 2.26. The molecule has 0 aliphatic carbocycles. The molecule has 138 valence electrons. The summed E-state index contributed by atoms with van der Waals surface area (Å²) in [4.78, 5) is 23.2. The highest BCUT2D eigenvalue weighted by atomic mass is 16.5. The van der Waals surface area contributed by atoms with E-state index in [1.807, 2.05) is 0 Å². The number of hydrogen-bond acceptors (Lipinski definition) is 6. The summed E-state index contributed by atoms with van der Waals surface area (Å²) < 4.78 is 5.18. The molecular weight excluding hydrogens is 338 g/mol. The van der Waals surface area contributed by atoms with Crippen molar-refractivity contribution in [3.63, 3.8) is 0 Å². The first-order valence-corrected chi connectivity index (χ1v) is 8.12. The van der Waals surface area contributed by atoms with Crippen molar-refractivity contribution in [2.45, 2.75) is 24.8 Å². The minimum Gasteiger partial charge on any atom is -0.504 e. The van der Waals surface area contributed by atoms with Gasteiger partial charge in [0.15, 0.2) is 11.5 Å². The molecule has 0 radical (unpaired) electrons. The standard InChI is InChI=1S/C19H21NO6/c20-17(18(23)24)14(13-8-9-15(21)16(22)11-13)7-4-10-26-19(25)12-5-2-1-3-6-12/h1-3,5-6,8-9,11,14,17,21-22H,4,7,10,20H2,(H,23,24)/t14?,17-/m0/s1. The van der Waals surface area contributed by atoms with Crippen LogP contribution in [0.3, 0.4) is 0 Å². The molecule has 0 heterocycles. The molecule has 0 bridgehead atoms. The van der Waals surface area contributed by atoms with Crippen LogP contribution in [0.2, 0.25) is 0 Å². The van der Waals surface area contributed by atoms with Crippen LogP contribution in [0.25, 0.3) is 0 Å². The third-order valence-corrected chi connectivity index (χ3v) is 4.05. The Bertz CT molecular complexity index is 762. The van der Waals surface area contributed by atoms with Gasteiger partial charge in [-0.3, -0.25) is 4.79 Å². The lowest BCUT2D eigenvalue weighted by Crippen LogP contribution is -2.36. The van der Waals surface area contributed by atoms with Crippen LogP contribution in [0.4, 0.5) is 0 Å². The van der Waals surface area contributed by atoms with Gasteiger partial charge < -0.3 is 25.8 Å². The topological polar surface area (TPSA) is 130 Å². The van der Waals surface area contributed by atoms with Gasteiger partial charge in [0.1, 0.15) is 6.04 Å². The summed E-state index contributed by atoms with van der Waals surface area (Å²) >= 11 is 0. The first-order valence-electron chi connectivity index (χ1n) is 8.12. The second-order valence-electron chi connectivity index (χ2n) is 5.86. The van der Waals surface area contributed by atoms with Crippen LogP contribution in [-0.4, -0.2) is 39.9 Å². The average Bonchev–Trinajstić information content (AvgIpc) is 2.64. The summed E-state index contributed by atoms with van der Waals surface area (Å²) in [5.74, 6) is -2.88. The van der Waals surface area contributed by atoms with Gasteiger partial charge in [0, 0.05) is 5.92 Å². The van der Waals surface area contributed by atoms with Crippen molar-refractivity contribution >= 4 is 11.9 Å². The van der Waals surface area contributed by atoms with E-state index < -0.39 is 23.9 Å². The Balaban J connectivity index is 1.98. The van der Waals surface area contributed by atoms with E-state index in [1.54, 1.807) is 30.3 Å². The summed E-state index contributed by atoms with van der Waals surface area (Å²) in [6.07, 6.45) is 0.728. The molecular formula is C19H21NO6. The van der Waals surface area contributed by atoms with Crippen molar-refractivity contribution < 1.29 is 29.6 Å². The van der Waals surface area contributed by atoms with Gasteiger partial charge in [0.25, 0.3) is 0 Å².